The summed E-state index contributed by atoms with van der Waals surface area (Å²) in [5.41, 5.74) is 2.08. The van der Waals surface area contributed by atoms with Gasteiger partial charge in [0.2, 0.25) is 0 Å². The molecule has 2 rings (SSSR count). The molecule has 4 heteroatoms. The summed E-state index contributed by atoms with van der Waals surface area (Å²) in [5, 5.41) is 10.3. The maximum atomic E-state index is 10.3. The van der Waals surface area contributed by atoms with Crippen molar-refractivity contribution in [3.8, 4) is 0 Å². The highest BCUT2D eigenvalue weighted by Crippen LogP contribution is 2.27. The van der Waals surface area contributed by atoms with Gasteiger partial charge in [0.25, 0.3) is 0 Å². The third kappa shape index (κ3) is 3.79. The third-order valence-electron chi connectivity index (χ3n) is 2.64. The Balaban J connectivity index is 2.21. The minimum Gasteiger partial charge on any atom is -0.388 e. The van der Waals surface area contributed by atoms with E-state index in [-0.39, 0.29) is 0 Å². The quantitative estimate of drug-likeness (QED) is 0.605. The van der Waals surface area contributed by atoms with Crippen molar-refractivity contribution in [2.24, 2.45) is 0 Å². The Bertz CT molecular complexity index is 557. The molecule has 0 bridgehead atoms. The van der Waals surface area contributed by atoms with Crippen LogP contribution < -0.4 is 0 Å². The van der Waals surface area contributed by atoms with Crippen molar-refractivity contribution in [3.63, 3.8) is 0 Å². The highest BCUT2D eigenvalue weighted by molar-refractivity contribution is 14.1. The maximum absolute atomic E-state index is 10.3. The lowest BCUT2D eigenvalue weighted by atomic mass is 10.0. The van der Waals surface area contributed by atoms with Crippen molar-refractivity contribution < 1.29 is 5.11 Å². The van der Waals surface area contributed by atoms with Crippen molar-refractivity contribution in [1.29, 1.82) is 0 Å². The fourth-order valence-electron chi connectivity index (χ4n) is 1.77. The minimum atomic E-state index is -0.483. The third-order valence-corrected chi connectivity index (χ3v) is 4.60. The topological polar surface area (TPSA) is 20.2 Å². The van der Waals surface area contributed by atoms with E-state index in [1.807, 2.05) is 42.5 Å². The molecular weight excluding hydrogens is 471 g/mol. The van der Waals surface area contributed by atoms with Crippen molar-refractivity contribution in [2.75, 3.05) is 0 Å². The van der Waals surface area contributed by atoms with Crippen molar-refractivity contribution in [3.05, 3.63) is 66.1 Å². The molecule has 1 unspecified atom stereocenters. The molecule has 0 radical (unpaired) electrons. The Morgan fingerprint density at radius 2 is 1.78 bits per heavy atom. The highest BCUT2D eigenvalue weighted by atomic mass is 127. The van der Waals surface area contributed by atoms with Crippen LogP contribution in [0.2, 0.25) is 0 Å². The molecule has 0 aromatic heterocycles. The van der Waals surface area contributed by atoms with Gasteiger partial charge in [0, 0.05) is 18.9 Å². The molecule has 0 heterocycles. The van der Waals surface area contributed by atoms with Crippen LogP contribution in [0.4, 0.5) is 0 Å². The second-order valence-corrected chi connectivity index (χ2v) is 7.01. The summed E-state index contributed by atoms with van der Waals surface area (Å²) in [6, 6.07) is 14.0. The SMILES string of the molecule is OC(Cc1cccc(Br)c1)c1cc(Br)ccc1I. The Labute approximate surface area is 137 Å². The molecule has 0 spiro atoms. The van der Waals surface area contributed by atoms with Crippen LogP contribution in [0.15, 0.2) is 51.4 Å². The lowest BCUT2D eigenvalue weighted by Gasteiger charge is -2.13. The zero-order valence-electron chi connectivity index (χ0n) is 9.41. The van der Waals surface area contributed by atoms with E-state index in [4.69, 9.17) is 0 Å². The van der Waals surface area contributed by atoms with Crippen LogP contribution in [0.3, 0.4) is 0 Å². The zero-order chi connectivity index (χ0) is 13.1. The van der Waals surface area contributed by atoms with Gasteiger partial charge < -0.3 is 5.11 Å². The van der Waals surface area contributed by atoms with Gasteiger partial charge in [0.15, 0.2) is 0 Å². The Morgan fingerprint density at radius 1 is 1.06 bits per heavy atom. The van der Waals surface area contributed by atoms with Crippen molar-refractivity contribution >= 4 is 54.5 Å². The van der Waals surface area contributed by atoms with Gasteiger partial charge in [-0.2, -0.15) is 0 Å². The average molecular weight is 482 g/mol. The number of aliphatic hydroxyl groups is 1. The largest absolute Gasteiger partial charge is 0.388 e. The van der Waals surface area contributed by atoms with Gasteiger partial charge in [0.05, 0.1) is 6.10 Å². The molecule has 0 saturated carbocycles. The fraction of sp³-hybridized carbons (Fsp3) is 0.143. The van der Waals surface area contributed by atoms with Gasteiger partial charge in [-0.15, -0.1) is 0 Å². The summed E-state index contributed by atoms with van der Waals surface area (Å²) >= 11 is 9.14. The number of rotatable bonds is 3. The second kappa shape index (κ2) is 6.50. The molecule has 18 heavy (non-hydrogen) atoms. The first-order valence-corrected chi connectivity index (χ1v) is 8.10. The monoisotopic (exact) mass is 480 g/mol. The predicted octanol–water partition coefficient (Wildman–Crippen LogP) is 5.09. The van der Waals surface area contributed by atoms with Crippen LogP contribution in [-0.4, -0.2) is 5.11 Å². The van der Waals surface area contributed by atoms with Crippen LogP contribution >= 0.6 is 54.5 Å². The highest BCUT2D eigenvalue weighted by Gasteiger charge is 2.12. The van der Waals surface area contributed by atoms with E-state index >= 15 is 0 Å². The standard InChI is InChI=1S/C14H11Br2IO/c15-10-3-1-2-9(6-10)7-14(18)12-8-11(16)4-5-13(12)17/h1-6,8,14,18H,7H2. The van der Waals surface area contributed by atoms with Gasteiger partial charge in [-0.25, -0.2) is 0 Å². The molecule has 94 valence electrons. The summed E-state index contributed by atoms with van der Waals surface area (Å²) in [7, 11) is 0. The number of aliphatic hydroxyl groups excluding tert-OH is 1. The van der Waals surface area contributed by atoms with E-state index in [0.717, 1.165) is 23.6 Å². The summed E-state index contributed by atoms with van der Waals surface area (Å²) < 4.78 is 3.11. The molecule has 1 atom stereocenters. The van der Waals surface area contributed by atoms with Crippen molar-refractivity contribution in [2.45, 2.75) is 12.5 Å². The Kier molecular flexibility index (Phi) is 5.24. The zero-order valence-corrected chi connectivity index (χ0v) is 14.7. The molecule has 2 aromatic carbocycles. The molecule has 0 aliphatic rings. The molecule has 1 nitrogen and oxygen atoms in total. The average Bonchev–Trinajstić information content (AvgIpc) is 2.32. The minimum absolute atomic E-state index is 0.483. The van der Waals surface area contributed by atoms with Crippen LogP contribution in [0.25, 0.3) is 0 Å². The van der Waals surface area contributed by atoms with E-state index in [1.54, 1.807) is 0 Å². The molecule has 0 fully saturated rings. The smallest absolute Gasteiger partial charge is 0.0840 e. The Hall–Kier alpha value is 0.0900. The molecule has 0 saturated heterocycles. The van der Waals surface area contributed by atoms with E-state index in [1.165, 1.54) is 0 Å². The van der Waals surface area contributed by atoms with E-state index in [2.05, 4.69) is 54.5 Å². The summed E-state index contributed by atoms with van der Waals surface area (Å²) in [4.78, 5) is 0. The van der Waals surface area contributed by atoms with E-state index in [9.17, 15) is 5.11 Å². The lowest BCUT2D eigenvalue weighted by molar-refractivity contribution is 0.177. The van der Waals surface area contributed by atoms with Gasteiger partial charge in [-0.3, -0.25) is 0 Å². The molecule has 1 N–H and O–H groups in total. The van der Waals surface area contributed by atoms with Gasteiger partial charge in [0.1, 0.15) is 0 Å². The van der Waals surface area contributed by atoms with Crippen molar-refractivity contribution in [1.82, 2.24) is 0 Å². The van der Waals surface area contributed by atoms with E-state index < -0.39 is 6.10 Å². The van der Waals surface area contributed by atoms with Crippen LogP contribution in [0.5, 0.6) is 0 Å². The van der Waals surface area contributed by atoms with Crippen LogP contribution in [-0.2, 0) is 6.42 Å². The predicted molar refractivity (Wildman–Crippen MR) is 89.7 cm³/mol. The van der Waals surface area contributed by atoms with E-state index in [0.29, 0.717) is 6.42 Å². The number of benzene rings is 2. The second-order valence-electron chi connectivity index (χ2n) is 4.02. The number of hydrogen-bond acceptors (Lipinski definition) is 1. The van der Waals surface area contributed by atoms with Crippen LogP contribution in [0.1, 0.15) is 17.2 Å². The van der Waals surface area contributed by atoms with Crippen LogP contribution in [0, 0.1) is 3.57 Å². The summed E-state index contributed by atoms with van der Waals surface area (Å²) in [5.74, 6) is 0. The first-order valence-electron chi connectivity index (χ1n) is 5.44. The van der Waals surface area contributed by atoms with Gasteiger partial charge >= 0.3 is 0 Å². The lowest BCUT2D eigenvalue weighted by Crippen LogP contribution is -2.04. The molecule has 0 aliphatic heterocycles. The summed E-state index contributed by atoms with van der Waals surface area (Å²) in [6.45, 7) is 0. The van der Waals surface area contributed by atoms with Gasteiger partial charge in [-0.1, -0.05) is 44.0 Å². The van der Waals surface area contributed by atoms with Gasteiger partial charge in [-0.05, 0) is 64.0 Å². The number of hydrogen-bond donors (Lipinski definition) is 1. The molecule has 2 aromatic rings. The Morgan fingerprint density at radius 3 is 2.50 bits per heavy atom. The fourth-order valence-corrected chi connectivity index (χ4v) is 3.29. The first kappa shape index (κ1) is 14.5. The summed E-state index contributed by atoms with van der Waals surface area (Å²) in [6.07, 6.45) is 0.134. The normalized spacial score (nSPS) is 12.4. The molecular formula is C14H11Br2IO. The molecule has 0 aliphatic carbocycles. The maximum Gasteiger partial charge on any atom is 0.0840 e. The number of halogens is 3. The molecule has 0 amide bonds. The first-order chi connectivity index (χ1) is 8.56.